The smallest absolute Gasteiger partial charge is 0.331 e. The molecule has 0 saturated heterocycles. The van der Waals surface area contributed by atoms with Crippen molar-refractivity contribution in [2.75, 3.05) is 7.05 Å². The van der Waals surface area contributed by atoms with Gasteiger partial charge in [0, 0.05) is 5.56 Å². The van der Waals surface area contributed by atoms with Crippen LogP contribution in [0.4, 0.5) is 8.78 Å². The maximum atomic E-state index is 13.9. The first-order chi connectivity index (χ1) is 9.77. The third-order valence-electron chi connectivity index (χ3n) is 2.71. The van der Waals surface area contributed by atoms with Gasteiger partial charge in [0.25, 0.3) is 0 Å². The van der Waals surface area contributed by atoms with Crippen LogP contribution in [0.3, 0.4) is 0 Å². The Balaban J connectivity index is 2.93. The van der Waals surface area contributed by atoms with Gasteiger partial charge in [-0.1, -0.05) is 17.7 Å². The second-order valence-corrected chi connectivity index (χ2v) is 6.22. The fourth-order valence-electron chi connectivity index (χ4n) is 1.82. The van der Waals surface area contributed by atoms with E-state index in [0.717, 1.165) is 19.2 Å². The van der Waals surface area contributed by atoms with Crippen molar-refractivity contribution in [3.8, 4) is 11.1 Å². The Bertz CT molecular complexity index is 792. The summed E-state index contributed by atoms with van der Waals surface area (Å²) >= 11 is 5.84. The summed E-state index contributed by atoms with van der Waals surface area (Å²) in [6.45, 7) is 0. The summed E-state index contributed by atoms with van der Waals surface area (Å²) in [5.41, 5.74) is -0.820. The van der Waals surface area contributed by atoms with Crippen molar-refractivity contribution in [3.63, 3.8) is 0 Å². The third kappa shape index (κ3) is 2.82. The average Bonchev–Trinajstić information content (AvgIpc) is 2.37. The standard InChI is InChI=1S/C12H9ClF2N2O3S/c1-16-21(19,20)12-8(5-7(14)6-17(12)18)11-9(13)3-2-4-10(11)15/h2-6,16H,1H3. The van der Waals surface area contributed by atoms with Crippen LogP contribution in [0.2, 0.25) is 5.02 Å². The van der Waals surface area contributed by atoms with E-state index in [1.807, 2.05) is 4.72 Å². The van der Waals surface area contributed by atoms with Crippen molar-refractivity contribution in [1.29, 1.82) is 0 Å². The van der Waals surface area contributed by atoms with E-state index in [1.54, 1.807) is 0 Å². The Kier molecular flexibility index (Phi) is 4.13. The van der Waals surface area contributed by atoms with Crippen LogP contribution in [-0.2, 0) is 10.0 Å². The summed E-state index contributed by atoms with van der Waals surface area (Å²) in [5, 5.41) is 10.8. The summed E-state index contributed by atoms with van der Waals surface area (Å²) in [6.07, 6.45) is 0.433. The molecule has 0 fully saturated rings. The van der Waals surface area contributed by atoms with E-state index in [9.17, 15) is 22.4 Å². The lowest BCUT2D eigenvalue weighted by Gasteiger charge is -2.12. The number of pyridine rings is 1. The van der Waals surface area contributed by atoms with Crippen LogP contribution in [0.25, 0.3) is 11.1 Å². The topological polar surface area (TPSA) is 73.1 Å². The second kappa shape index (κ2) is 5.55. The summed E-state index contributed by atoms with van der Waals surface area (Å²) in [4.78, 5) is 0. The van der Waals surface area contributed by atoms with Crippen molar-refractivity contribution in [3.05, 3.63) is 52.3 Å². The molecule has 0 aliphatic rings. The maximum absolute atomic E-state index is 13.9. The van der Waals surface area contributed by atoms with Gasteiger partial charge in [-0.2, -0.15) is 4.73 Å². The minimum absolute atomic E-state index is 0.145. The number of benzene rings is 1. The minimum atomic E-state index is -4.25. The molecule has 1 N–H and O–H groups in total. The van der Waals surface area contributed by atoms with Gasteiger partial charge >= 0.3 is 15.0 Å². The van der Waals surface area contributed by atoms with E-state index >= 15 is 0 Å². The molecule has 0 aliphatic carbocycles. The number of hydrogen-bond donors (Lipinski definition) is 1. The van der Waals surface area contributed by atoms with Gasteiger partial charge in [0.15, 0.2) is 5.82 Å². The predicted octanol–water partition coefficient (Wildman–Crippen LogP) is 1.83. The lowest BCUT2D eigenvalue weighted by atomic mass is 10.1. The molecule has 0 unspecified atom stereocenters. The largest absolute Gasteiger partial charge is 0.618 e. The summed E-state index contributed by atoms with van der Waals surface area (Å²) < 4.78 is 53.0. The number of sulfonamides is 1. The Morgan fingerprint density at radius 1 is 1.33 bits per heavy atom. The van der Waals surface area contributed by atoms with Crippen molar-refractivity contribution >= 4 is 21.6 Å². The van der Waals surface area contributed by atoms with Crippen molar-refractivity contribution in [2.45, 2.75) is 5.03 Å². The molecule has 0 spiro atoms. The molecule has 9 heteroatoms. The molecule has 1 aromatic heterocycles. The number of halogens is 3. The second-order valence-electron chi connectivity index (χ2n) is 4.01. The fourth-order valence-corrected chi connectivity index (χ4v) is 3.02. The minimum Gasteiger partial charge on any atom is -0.618 e. The molecule has 0 amide bonds. The number of rotatable bonds is 3. The molecule has 21 heavy (non-hydrogen) atoms. The van der Waals surface area contributed by atoms with Gasteiger partial charge in [0.05, 0.1) is 10.6 Å². The Morgan fingerprint density at radius 3 is 2.57 bits per heavy atom. The molecular weight excluding hydrogens is 326 g/mol. The van der Waals surface area contributed by atoms with Crippen LogP contribution in [0.15, 0.2) is 35.5 Å². The molecule has 0 saturated carbocycles. The van der Waals surface area contributed by atoms with Gasteiger partial charge in [0.2, 0.25) is 6.20 Å². The van der Waals surface area contributed by atoms with Gasteiger partial charge < -0.3 is 5.21 Å². The predicted molar refractivity (Wildman–Crippen MR) is 72.0 cm³/mol. The van der Waals surface area contributed by atoms with Gasteiger partial charge in [-0.3, -0.25) is 0 Å². The normalized spacial score (nSPS) is 11.6. The highest BCUT2D eigenvalue weighted by Gasteiger charge is 2.31. The van der Waals surface area contributed by atoms with Crippen LogP contribution in [-0.4, -0.2) is 15.5 Å². The third-order valence-corrected chi connectivity index (χ3v) is 4.47. The molecule has 5 nitrogen and oxygen atoms in total. The number of nitrogens with one attached hydrogen (secondary N) is 1. The molecule has 0 aliphatic heterocycles. The first-order valence-electron chi connectivity index (χ1n) is 5.58. The highest BCUT2D eigenvalue weighted by molar-refractivity contribution is 7.89. The SMILES string of the molecule is CNS(=O)(=O)c1c(-c2c(F)cccc2Cl)cc(F)c[n+]1[O-]. The molecular formula is C12H9ClF2N2O3S. The van der Waals surface area contributed by atoms with Crippen LogP contribution >= 0.6 is 11.6 Å². The van der Waals surface area contributed by atoms with E-state index < -0.39 is 32.2 Å². The van der Waals surface area contributed by atoms with Gasteiger partial charge in [0.1, 0.15) is 5.82 Å². The average molecular weight is 335 g/mol. The lowest BCUT2D eigenvalue weighted by Crippen LogP contribution is -2.39. The van der Waals surface area contributed by atoms with E-state index in [-0.39, 0.29) is 15.3 Å². The fraction of sp³-hybridized carbons (Fsp3) is 0.0833. The van der Waals surface area contributed by atoms with E-state index in [4.69, 9.17) is 11.6 Å². The van der Waals surface area contributed by atoms with E-state index in [2.05, 4.69) is 0 Å². The van der Waals surface area contributed by atoms with E-state index in [0.29, 0.717) is 6.20 Å². The summed E-state index contributed by atoms with van der Waals surface area (Å²) in [7, 11) is -3.17. The zero-order chi connectivity index (χ0) is 15.8. The zero-order valence-electron chi connectivity index (χ0n) is 10.6. The quantitative estimate of drug-likeness (QED) is 0.687. The zero-order valence-corrected chi connectivity index (χ0v) is 12.2. The first-order valence-corrected chi connectivity index (χ1v) is 7.44. The van der Waals surface area contributed by atoms with Crippen LogP contribution in [0.5, 0.6) is 0 Å². The first kappa shape index (κ1) is 15.6. The highest BCUT2D eigenvalue weighted by Crippen LogP contribution is 2.33. The van der Waals surface area contributed by atoms with E-state index in [1.165, 1.54) is 12.1 Å². The van der Waals surface area contributed by atoms with Crippen LogP contribution < -0.4 is 9.45 Å². The van der Waals surface area contributed by atoms with Crippen molar-refractivity contribution in [2.24, 2.45) is 0 Å². The number of nitrogens with zero attached hydrogens (tertiary/aromatic N) is 1. The van der Waals surface area contributed by atoms with Crippen molar-refractivity contribution in [1.82, 2.24) is 4.72 Å². The molecule has 0 radical (unpaired) electrons. The van der Waals surface area contributed by atoms with Gasteiger partial charge in [-0.25, -0.2) is 21.9 Å². The number of aromatic nitrogens is 1. The summed E-state index contributed by atoms with van der Waals surface area (Å²) in [6, 6.07) is 4.37. The lowest BCUT2D eigenvalue weighted by molar-refractivity contribution is -0.647. The molecule has 1 heterocycles. The van der Waals surface area contributed by atoms with Crippen LogP contribution in [0.1, 0.15) is 0 Å². The van der Waals surface area contributed by atoms with Crippen LogP contribution in [0, 0.1) is 16.8 Å². The Labute approximate surface area is 124 Å². The Morgan fingerprint density at radius 2 is 2.00 bits per heavy atom. The van der Waals surface area contributed by atoms with Gasteiger partial charge in [-0.05, 0) is 25.2 Å². The molecule has 0 bridgehead atoms. The molecule has 112 valence electrons. The molecule has 2 rings (SSSR count). The Hall–Kier alpha value is -1.77. The maximum Gasteiger partial charge on any atom is 0.331 e. The molecule has 2 aromatic rings. The highest BCUT2D eigenvalue weighted by atomic mass is 35.5. The summed E-state index contributed by atoms with van der Waals surface area (Å²) in [5.74, 6) is -1.89. The molecule has 0 atom stereocenters. The molecule has 1 aromatic carbocycles. The van der Waals surface area contributed by atoms with Crippen molar-refractivity contribution < 1.29 is 21.9 Å². The van der Waals surface area contributed by atoms with Gasteiger partial charge in [-0.15, -0.1) is 0 Å². The monoisotopic (exact) mass is 334 g/mol. The number of hydrogen-bond acceptors (Lipinski definition) is 3.